The fourth-order valence-corrected chi connectivity index (χ4v) is 2.92. The first-order valence-electron chi connectivity index (χ1n) is 6.76. The van der Waals surface area contributed by atoms with Crippen LogP contribution in [0.15, 0.2) is 41.1 Å². The van der Waals surface area contributed by atoms with Gasteiger partial charge in [-0.05, 0) is 40.4 Å². The summed E-state index contributed by atoms with van der Waals surface area (Å²) < 4.78 is 19.0. The van der Waals surface area contributed by atoms with Crippen LogP contribution >= 0.6 is 11.3 Å². The van der Waals surface area contributed by atoms with E-state index in [2.05, 4.69) is 22.1 Å². The van der Waals surface area contributed by atoms with Crippen molar-refractivity contribution in [1.29, 1.82) is 0 Å². The molecule has 0 aliphatic heterocycles. The summed E-state index contributed by atoms with van der Waals surface area (Å²) in [5.41, 5.74) is 2.04. The minimum atomic E-state index is -0.124. The van der Waals surface area contributed by atoms with Crippen LogP contribution in [0.2, 0.25) is 0 Å². The summed E-state index contributed by atoms with van der Waals surface area (Å²) >= 11 is 1.68. The monoisotopic (exact) mass is 293 g/mol. The molecule has 1 aromatic carbocycles. The third-order valence-corrected chi connectivity index (χ3v) is 4.01. The highest BCUT2D eigenvalue weighted by molar-refractivity contribution is 7.07. The Bertz CT molecular complexity index is 501. The van der Waals surface area contributed by atoms with Crippen LogP contribution in [0.5, 0.6) is 0 Å². The summed E-state index contributed by atoms with van der Waals surface area (Å²) in [5.74, 6) is 0.0175. The number of hydrogen-bond donors (Lipinski definition) is 1. The summed E-state index contributed by atoms with van der Waals surface area (Å²) in [7, 11) is 1.68. The lowest BCUT2D eigenvalue weighted by molar-refractivity contribution is 0.199. The van der Waals surface area contributed by atoms with Gasteiger partial charge in [-0.2, -0.15) is 11.3 Å². The van der Waals surface area contributed by atoms with Crippen LogP contribution in [0.3, 0.4) is 0 Å². The molecule has 1 unspecified atom stereocenters. The number of nitrogens with one attached hydrogen (secondary N) is 1. The molecule has 1 heterocycles. The largest absolute Gasteiger partial charge is 0.383 e. The molecule has 4 heteroatoms. The van der Waals surface area contributed by atoms with E-state index >= 15 is 0 Å². The maximum Gasteiger partial charge on any atom is 0.126 e. The topological polar surface area (TPSA) is 21.3 Å². The number of halogens is 1. The number of methoxy groups -OCH3 is 1. The van der Waals surface area contributed by atoms with Gasteiger partial charge in [0.1, 0.15) is 5.82 Å². The summed E-state index contributed by atoms with van der Waals surface area (Å²) in [5, 5.41) is 7.53. The highest BCUT2D eigenvalue weighted by Crippen LogP contribution is 2.24. The quantitative estimate of drug-likeness (QED) is 0.753. The Hall–Kier alpha value is -1.23. The first-order chi connectivity index (χ1) is 9.81. The zero-order valence-corrected chi connectivity index (χ0v) is 12.5. The number of ether oxygens (including phenoxy) is 1. The van der Waals surface area contributed by atoms with Crippen molar-refractivity contribution in [2.24, 2.45) is 0 Å². The van der Waals surface area contributed by atoms with Crippen LogP contribution in [0.1, 0.15) is 17.0 Å². The minimum Gasteiger partial charge on any atom is -0.383 e. The number of benzene rings is 1. The van der Waals surface area contributed by atoms with E-state index in [0.29, 0.717) is 6.61 Å². The van der Waals surface area contributed by atoms with Crippen LogP contribution < -0.4 is 5.32 Å². The predicted octanol–water partition coefficient (Wildman–Crippen LogP) is 3.45. The molecule has 20 heavy (non-hydrogen) atoms. The molecule has 0 radical (unpaired) electrons. The molecule has 0 fully saturated rings. The summed E-state index contributed by atoms with van der Waals surface area (Å²) in [4.78, 5) is 0. The van der Waals surface area contributed by atoms with Gasteiger partial charge in [-0.3, -0.25) is 0 Å². The fourth-order valence-electron chi connectivity index (χ4n) is 2.24. The molecule has 108 valence electrons. The van der Waals surface area contributed by atoms with E-state index in [1.807, 2.05) is 12.1 Å². The second-order valence-corrected chi connectivity index (χ2v) is 5.53. The van der Waals surface area contributed by atoms with Crippen LogP contribution in [0.25, 0.3) is 0 Å². The summed E-state index contributed by atoms with van der Waals surface area (Å²) in [6.07, 6.45) is 0.852. The molecule has 0 amide bonds. The van der Waals surface area contributed by atoms with Crippen LogP contribution in [-0.2, 0) is 11.2 Å². The summed E-state index contributed by atoms with van der Waals surface area (Å²) in [6.45, 7) is 2.20. The molecule has 1 aromatic heterocycles. The average Bonchev–Trinajstić information content (AvgIpc) is 2.96. The molecule has 0 bridgehead atoms. The summed E-state index contributed by atoms with van der Waals surface area (Å²) in [6, 6.07) is 9.15. The smallest absolute Gasteiger partial charge is 0.126 e. The Kier molecular flexibility index (Phi) is 6.18. The molecule has 0 aliphatic carbocycles. The van der Waals surface area contributed by atoms with E-state index in [-0.39, 0.29) is 11.7 Å². The normalized spacial score (nSPS) is 12.5. The van der Waals surface area contributed by atoms with Crippen LogP contribution in [-0.4, -0.2) is 26.8 Å². The molecule has 2 nitrogen and oxygen atoms in total. The van der Waals surface area contributed by atoms with Crippen molar-refractivity contribution in [3.05, 3.63) is 58.0 Å². The van der Waals surface area contributed by atoms with Gasteiger partial charge in [0, 0.05) is 26.1 Å². The second kappa shape index (κ2) is 8.15. The third kappa shape index (κ3) is 4.40. The number of thiophene rings is 1. The molecular weight excluding hydrogens is 273 g/mol. The Balaban J connectivity index is 2.05. The lowest BCUT2D eigenvalue weighted by atomic mass is 9.92. The Morgan fingerprint density at radius 2 is 2.15 bits per heavy atom. The Morgan fingerprint density at radius 3 is 2.85 bits per heavy atom. The van der Waals surface area contributed by atoms with Gasteiger partial charge < -0.3 is 10.1 Å². The van der Waals surface area contributed by atoms with Crippen molar-refractivity contribution >= 4 is 11.3 Å². The minimum absolute atomic E-state index is 0.124. The van der Waals surface area contributed by atoms with E-state index in [0.717, 1.165) is 25.1 Å². The van der Waals surface area contributed by atoms with Gasteiger partial charge in [-0.1, -0.05) is 18.2 Å². The first kappa shape index (κ1) is 15.2. The van der Waals surface area contributed by atoms with Crippen molar-refractivity contribution in [2.45, 2.75) is 12.3 Å². The highest BCUT2D eigenvalue weighted by Gasteiger charge is 2.16. The molecule has 2 aromatic rings. The number of rotatable bonds is 8. The molecule has 0 saturated carbocycles. The van der Waals surface area contributed by atoms with Gasteiger partial charge >= 0.3 is 0 Å². The lowest BCUT2D eigenvalue weighted by Gasteiger charge is -2.18. The zero-order chi connectivity index (χ0) is 14.2. The van der Waals surface area contributed by atoms with Gasteiger partial charge in [0.25, 0.3) is 0 Å². The van der Waals surface area contributed by atoms with Gasteiger partial charge in [0.05, 0.1) is 6.61 Å². The van der Waals surface area contributed by atoms with Crippen molar-refractivity contribution in [3.8, 4) is 0 Å². The third-order valence-electron chi connectivity index (χ3n) is 3.28. The zero-order valence-electron chi connectivity index (χ0n) is 11.6. The van der Waals surface area contributed by atoms with E-state index in [1.54, 1.807) is 24.5 Å². The van der Waals surface area contributed by atoms with E-state index < -0.39 is 0 Å². The Morgan fingerprint density at radius 1 is 1.30 bits per heavy atom. The molecule has 0 spiro atoms. The first-order valence-corrected chi connectivity index (χ1v) is 7.70. The molecule has 1 N–H and O–H groups in total. The van der Waals surface area contributed by atoms with Gasteiger partial charge in [-0.15, -0.1) is 0 Å². The molecule has 1 atom stereocenters. The van der Waals surface area contributed by atoms with Gasteiger partial charge in [-0.25, -0.2) is 4.39 Å². The van der Waals surface area contributed by atoms with Crippen LogP contribution in [0, 0.1) is 5.82 Å². The van der Waals surface area contributed by atoms with Crippen molar-refractivity contribution in [1.82, 2.24) is 5.32 Å². The van der Waals surface area contributed by atoms with E-state index in [9.17, 15) is 4.39 Å². The maximum atomic E-state index is 14.0. The van der Waals surface area contributed by atoms with Crippen molar-refractivity contribution in [3.63, 3.8) is 0 Å². The maximum absolute atomic E-state index is 14.0. The second-order valence-electron chi connectivity index (χ2n) is 4.75. The molecule has 0 saturated heterocycles. The predicted molar refractivity (Wildman–Crippen MR) is 81.9 cm³/mol. The standard InChI is InChI=1S/C16H20FNOS/c1-19-8-7-18-11-14(10-13-6-9-20-12-13)15-4-2-3-5-16(15)17/h2-6,9,12,14,18H,7-8,10-11H2,1H3. The lowest BCUT2D eigenvalue weighted by Crippen LogP contribution is -2.26. The highest BCUT2D eigenvalue weighted by atomic mass is 32.1. The molecule has 2 rings (SSSR count). The van der Waals surface area contributed by atoms with Gasteiger partial charge in [0.15, 0.2) is 0 Å². The van der Waals surface area contributed by atoms with E-state index in [4.69, 9.17) is 4.74 Å². The Labute approximate surface area is 123 Å². The number of hydrogen-bond acceptors (Lipinski definition) is 3. The van der Waals surface area contributed by atoms with Crippen molar-refractivity contribution in [2.75, 3.05) is 26.8 Å². The molecule has 0 aliphatic rings. The fraction of sp³-hybridized carbons (Fsp3) is 0.375. The van der Waals surface area contributed by atoms with Gasteiger partial charge in [0.2, 0.25) is 0 Å². The van der Waals surface area contributed by atoms with Crippen LogP contribution in [0.4, 0.5) is 4.39 Å². The van der Waals surface area contributed by atoms with Crippen molar-refractivity contribution < 1.29 is 9.13 Å². The van der Waals surface area contributed by atoms with E-state index in [1.165, 1.54) is 11.6 Å². The SMILES string of the molecule is COCCNCC(Cc1ccsc1)c1ccccc1F. The average molecular weight is 293 g/mol. The molecular formula is C16H20FNOS.